The Morgan fingerprint density at radius 2 is 1.31 bits per heavy atom. The van der Waals surface area contributed by atoms with Gasteiger partial charge in [-0.3, -0.25) is 14.4 Å². The van der Waals surface area contributed by atoms with E-state index in [1.165, 1.54) is 0 Å². The highest BCUT2D eigenvalue weighted by Crippen LogP contribution is 2.08. The molecule has 0 aliphatic rings. The van der Waals surface area contributed by atoms with E-state index >= 15 is 0 Å². The Labute approximate surface area is 195 Å². The molecule has 0 heterocycles. The molecule has 0 aromatic heterocycles. The minimum atomic E-state index is -1.16. The number of hydrogen-bond acceptors (Lipinski definition) is 8. The van der Waals surface area contributed by atoms with Gasteiger partial charge in [-0.25, -0.2) is 4.79 Å². The summed E-state index contributed by atoms with van der Waals surface area (Å²) in [5.41, 5.74) is 16.6. The third-order valence-electron chi connectivity index (χ3n) is 4.92. The fraction of sp³-hybridized carbons (Fsp3) is 0.800. The second-order valence-electron chi connectivity index (χ2n) is 8.05. The van der Waals surface area contributed by atoms with Crippen molar-refractivity contribution in [3.8, 4) is 0 Å². The first-order chi connectivity index (χ1) is 15.1. The summed E-state index contributed by atoms with van der Waals surface area (Å²) in [7, 11) is 0. The molecule has 32 heavy (non-hydrogen) atoms. The summed E-state index contributed by atoms with van der Waals surface area (Å²) in [5.74, 6) is -3.00. The summed E-state index contributed by atoms with van der Waals surface area (Å²) >= 11 is 3.99. The summed E-state index contributed by atoms with van der Waals surface area (Å²) in [4.78, 5) is 49.4. The smallest absolute Gasteiger partial charge is 0.326 e. The molecule has 11 nitrogen and oxygen atoms in total. The van der Waals surface area contributed by atoms with Crippen LogP contribution in [0.2, 0.25) is 0 Å². The Balaban J connectivity index is 5.35. The molecule has 186 valence electrons. The van der Waals surface area contributed by atoms with Gasteiger partial charge in [0.1, 0.15) is 18.1 Å². The number of thiol groups is 1. The maximum Gasteiger partial charge on any atom is 0.326 e. The summed E-state index contributed by atoms with van der Waals surface area (Å²) in [6.45, 7) is 4.35. The highest BCUT2D eigenvalue weighted by molar-refractivity contribution is 7.80. The molecule has 0 aromatic rings. The summed E-state index contributed by atoms with van der Waals surface area (Å²) < 4.78 is 0. The van der Waals surface area contributed by atoms with Crippen molar-refractivity contribution < 1.29 is 24.3 Å². The van der Waals surface area contributed by atoms with Crippen molar-refractivity contribution in [2.24, 2.45) is 23.1 Å². The molecule has 0 fully saturated rings. The van der Waals surface area contributed by atoms with Gasteiger partial charge in [0.15, 0.2) is 0 Å². The van der Waals surface area contributed by atoms with E-state index in [1.54, 1.807) is 13.8 Å². The molecule has 0 aliphatic carbocycles. The van der Waals surface area contributed by atoms with Crippen LogP contribution in [-0.2, 0) is 19.2 Å². The fourth-order valence-electron chi connectivity index (χ4n) is 2.92. The van der Waals surface area contributed by atoms with Crippen molar-refractivity contribution in [2.75, 3.05) is 18.8 Å². The van der Waals surface area contributed by atoms with Crippen LogP contribution in [0, 0.1) is 5.92 Å². The van der Waals surface area contributed by atoms with Gasteiger partial charge in [0.2, 0.25) is 17.7 Å². The first-order valence-electron chi connectivity index (χ1n) is 11.0. The van der Waals surface area contributed by atoms with E-state index in [-0.39, 0.29) is 24.5 Å². The average Bonchev–Trinajstić information content (AvgIpc) is 2.74. The van der Waals surface area contributed by atoms with Crippen molar-refractivity contribution in [1.82, 2.24) is 16.0 Å². The summed E-state index contributed by atoms with van der Waals surface area (Å²) in [5, 5.41) is 17.2. The second-order valence-corrected chi connectivity index (χ2v) is 8.41. The molecular weight excluding hydrogens is 436 g/mol. The first kappa shape index (κ1) is 30.1. The first-order valence-corrected chi connectivity index (χ1v) is 11.6. The topological polar surface area (TPSA) is 203 Å². The number of amides is 3. The largest absolute Gasteiger partial charge is 0.480 e. The highest BCUT2D eigenvalue weighted by atomic mass is 32.1. The Morgan fingerprint density at radius 3 is 1.75 bits per heavy atom. The molecule has 4 unspecified atom stereocenters. The van der Waals surface area contributed by atoms with Crippen LogP contribution >= 0.6 is 12.6 Å². The van der Waals surface area contributed by atoms with Gasteiger partial charge >= 0.3 is 5.97 Å². The third kappa shape index (κ3) is 11.7. The molecule has 4 atom stereocenters. The fourth-order valence-corrected chi connectivity index (χ4v) is 3.09. The lowest BCUT2D eigenvalue weighted by Gasteiger charge is -2.27. The highest BCUT2D eigenvalue weighted by Gasteiger charge is 2.31. The van der Waals surface area contributed by atoms with Gasteiger partial charge < -0.3 is 38.3 Å². The number of carbonyl (C=O) groups excluding carboxylic acids is 3. The number of rotatable bonds is 17. The van der Waals surface area contributed by atoms with Gasteiger partial charge in [-0.15, -0.1) is 0 Å². The third-order valence-corrected chi connectivity index (χ3v) is 5.32. The number of hydrogen-bond donors (Lipinski definition) is 8. The number of nitrogens with two attached hydrogens (primary N) is 3. The molecule has 3 amide bonds. The maximum atomic E-state index is 12.9. The SMILES string of the molecule is CC(C)C(NC(=O)C(N)CS)C(=O)NC(CCCCN)C(=O)NC(CCCCN)C(=O)O. The van der Waals surface area contributed by atoms with Crippen LogP contribution in [0.5, 0.6) is 0 Å². The van der Waals surface area contributed by atoms with Crippen LogP contribution in [-0.4, -0.2) is 71.8 Å². The predicted molar refractivity (Wildman–Crippen MR) is 126 cm³/mol. The van der Waals surface area contributed by atoms with E-state index in [4.69, 9.17) is 17.2 Å². The number of nitrogens with one attached hydrogen (secondary N) is 3. The standard InChI is InChI=1S/C20H40N6O5S/c1-12(2)16(26-17(27)13(23)11-32)19(29)24-14(7-3-5-9-21)18(28)25-15(20(30)31)8-4-6-10-22/h12-16,32H,3-11,21-23H2,1-2H3,(H,24,29)(H,25,28)(H,26,27)(H,30,31). The average molecular weight is 477 g/mol. The van der Waals surface area contributed by atoms with Crippen LogP contribution in [0.25, 0.3) is 0 Å². The molecule has 0 aliphatic heterocycles. The predicted octanol–water partition coefficient (Wildman–Crippen LogP) is -1.30. The van der Waals surface area contributed by atoms with Crippen molar-refractivity contribution in [1.29, 1.82) is 0 Å². The van der Waals surface area contributed by atoms with Crippen LogP contribution in [0.4, 0.5) is 0 Å². The quantitative estimate of drug-likeness (QED) is 0.0933. The molecule has 0 radical (unpaired) electrons. The maximum absolute atomic E-state index is 12.9. The molecule has 0 bridgehead atoms. The zero-order chi connectivity index (χ0) is 24.7. The van der Waals surface area contributed by atoms with Crippen LogP contribution in [0.1, 0.15) is 52.4 Å². The van der Waals surface area contributed by atoms with Crippen molar-refractivity contribution in [3.05, 3.63) is 0 Å². The monoisotopic (exact) mass is 476 g/mol. The molecule has 0 rings (SSSR count). The van der Waals surface area contributed by atoms with E-state index in [9.17, 15) is 24.3 Å². The molecular formula is C20H40N6O5S. The van der Waals surface area contributed by atoms with Gasteiger partial charge in [0, 0.05) is 5.75 Å². The second kappa shape index (κ2) is 16.7. The Morgan fingerprint density at radius 1 is 0.812 bits per heavy atom. The summed E-state index contributed by atoms with van der Waals surface area (Å²) in [6.07, 6.45) is 2.89. The molecule has 10 N–H and O–H groups in total. The minimum Gasteiger partial charge on any atom is -0.480 e. The molecule has 0 saturated carbocycles. The van der Waals surface area contributed by atoms with Crippen LogP contribution < -0.4 is 33.2 Å². The van der Waals surface area contributed by atoms with Gasteiger partial charge in [-0.05, 0) is 57.5 Å². The van der Waals surface area contributed by atoms with E-state index in [0.29, 0.717) is 38.8 Å². The van der Waals surface area contributed by atoms with Crippen molar-refractivity contribution in [3.63, 3.8) is 0 Å². The lowest BCUT2D eigenvalue weighted by molar-refractivity contribution is -0.142. The Bertz CT molecular complexity index is 607. The van der Waals surface area contributed by atoms with Gasteiger partial charge in [-0.1, -0.05) is 13.8 Å². The Kier molecular flexibility index (Phi) is 15.7. The number of carboxylic acid groups (broad SMARTS) is 1. The van der Waals surface area contributed by atoms with Gasteiger partial charge in [-0.2, -0.15) is 12.6 Å². The minimum absolute atomic E-state index is 0.114. The van der Waals surface area contributed by atoms with E-state index in [0.717, 1.165) is 0 Å². The number of unbranched alkanes of at least 4 members (excludes halogenated alkanes) is 2. The molecule has 0 aromatic carbocycles. The van der Waals surface area contributed by atoms with Crippen LogP contribution in [0.3, 0.4) is 0 Å². The van der Waals surface area contributed by atoms with Gasteiger partial charge in [0.25, 0.3) is 0 Å². The number of aliphatic carboxylic acids is 1. The summed E-state index contributed by atoms with van der Waals surface area (Å²) in [6, 6.07) is -3.85. The van der Waals surface area contributed by atoms with Gasteiger partial charge in [0.05, 0.1) is 6.04 Å². The van der Waals surface area contributed by atoms with E-state index in [2.05, 4.69) is 28.6 Å². The van der Waals surface area contributed by atoms with E-state index in [1.807, 2.05) is 0 Å². The van der Waals surface area contributed by atoms with E-state index < -0.39 is 47.9 Å². The normalized spacial score (nSPS) is 14.8. The number of carbonyl (C=O) groups is 4. The zero-order valence-electron chi connectivity index (χ0n) is 19.0. The lowest BCUT2D eigenvalue weighted by atomic mass is 10.0. The molecule has 0 saturated heterocycles. The zero-order valence-corrected chi connectivity index (χ0v) is 19.9. The van der Waals surface area contributed by atoms with Crippen LogP contribution in [0.15, 0.2) is 0 Å². The van der Waals surface area contributed by atoms with Crippen molar-refractivity contribution >= 4 is 36.3 Å². The molecule has 0 spiro atoms. The van der Waals surface area contributed by atoms with Crippen molar-refractivity contribution in [2.45, 2.75) is 76.5 Å². The molecule has 12 heteroatoms. The Hall–Kier alpha value is -1.89. The lowest BCUT2D eigenvalue weighted by Crippen LogP contribution is -2.58. The number of carboxylic acids is 1.